The summed E-state index contributed by atoms with van der Waals surface area (Å²) < 4.78 is 2.24. The lowest BCUT2D eigenvalue weighted by atomic mass is 10.1. The molecule has 0 aliphatic carbocycles. The van der Waals surface area contributed by atoms with Crippen LogP contribution in [0.3, 0.4) is 0 Å². The maximum Gasteiger partial charge on any atom is 0.169 e. The van der Waals surface area contributed by atoms with E-state index in [2.05, 4.69) is 72.4 Å². The summed E-state index contributed by atoms with van der Waals surface area (Å²) in [5.74, 6) is 0. The van der Waals surface area contributed by atoms with Gasteiger partial charge in [0, 0.05) is 18.6 Å². The van der Waals surface area contributed by atoms with Crippen LogP contribution in [0.2, 0.25) is 0 Å². The maximum atomic E-state index is 2.24. The van der Waals surface area contributed by atoms with Gasteiger partial charge in [-0.25, -0.2) is 4.57 Å². The monoisotopic (exact) mass is 238 g/mol. The van der Waals surface area contributed by atoms with Gasteiger partial charge in [0.2, 0.25) is 0 Å². The fraction of sp³-hybridized carbons (Fsp3) is 0.235. The molecule has 0 radical (unpaired) electrons. The van der Waals surface area contributed by atoms with E-state index in [1.54, 1.807) is 0 Å². The first-order valence-corrected chi connectivity index (χ1v) is 6.61. The van der Waals surface area contributed by atoms with Crippen LogP contribution in [0.15, 0.2) is 54.9 Å². The maximum absolute atomic E-state index is 2.24. The summed E-state index contributed by atoms with van der Waals surface area (Å²) in [4.78, 5) is 0. The molecule has 92 valence electrons. The molecule has 1 nitrogen and oxygen atoms in total. The molecule has 2 rings (SSSR count). The van der Waals surface area contributed by atoms with Crippen molar-refractivity contribution in [3.05, 3.63) is 66.0 Å². The second-order valence-electron chi connectivity index (χ2n) is 4.47. The lowest BCUT2D eigenvalue weighted by Gasteiger charge is -1.96. The molecular formula is C17H20N+. The zero-order valence-corrected chi connectivity index (χ0v) is 10.9. The summed E-state index contributed by atoms with van der Waals surface area (Å²) in [6.07, 6.45) is 11.1. The number of nitrogens with zero attached hydrogens (tertiary/aromatic N) is 1. The third-order valence-electron chi connectivity index (χ3n) is 2.95. The van der Waals surface area contributed by atoms with Crippen LogP contribution in [0.25, 0.3) is 12.2 Å². The quantitative estimate of drug-likeness (QED) is 0.695. The number of aryl methyl sites for hydroxylation is 1. The summed E-state index contributed by atoms with van der Waals surface area (Å²) in [5.41, 5.74) is 2.48. The molecule has 0 fully saturated rings. The molecule has 0 spiro atoms. The van der Waals surface area contributed by atoms with Gasteiger partial charge in [0.05, 0.1) is 0 Å². The Morgan fingerprint density at radius 2 is 1.50 bits per heavy atom. The summed E-state index contributed by atoms with van der Waals surface area (Å²) in [5, 5.41) is 0. The molecule has 18 heavy (non-hydrogen) atoms. The standard InChI is InChI=1S/C17H20N/c1-2-3-13-18-14-11-17(12-15-18)10-9-16-7-5-4-6-8-16/h4-12,14-15H,2-3,13H2,1H3/q+1. The molecule has 0 atom stereocenters. The number of hydrogen-bond acceptors (Lipinski definition) is 0. The van der Waals surface area contributed by atoms with Crippen LogP contribution < -0.4 is 4.57 Å². The minimum atomic E-state index is 1.11. The molecule has 0 saturated carbocycles. The van der Waals surface area contributed by atoms with Gasteiger partial charge >= 0.3 is 0 Å². The average Bonchev–Trinajstić information content (AvgIpc) is 2.45. The van der Waals surface area contributed by atoms with Crippen molar-refractivity contribution in [1.82, 2.24) is 0 Å². The van der Waals surface area contributed by atoms with Crippen molar-refractivity contribution in [2.24, 2.45) is 0 Å². The Morgan fingerprint density at radius 1 is 0.889 bits per heavy atom. The van der Waals surface area contributed by atoms with Gasteiger partial charge in [-0.05, 0) is 11.1 Å². The molecule has 1 aromatic heterocycles. The predicted octanol–water partition coefficient (Wildman–Crippen LogP) is 3.94. The Hall–Kier alpha value is -1.89. The average molecular weight is 238 g/mol. The van der Waals surface area contributed by atoms with E-state index in [1.807, 2.05) is 6.07 Å². The third kappa shape index (κ3) is 3.85. The Morgan fingerprint density at radius 3 is 2.11 bits per heavy atom. The first-order chi connectivity index (χ1) is 8.88. The van der Waals surface area contributed by atoms with Gasteiger partial charge in [0.25, 0.3) is 0 Å². The summed E-state index contributed by atoms with van der Waals surface area (Å²) in [6.45, 7) is 3.33. The van der Waals surface area contributed by atoms with E-state index < -0.39 is 0 Å². The van der Waals surface area contributed by atoms with E-state index in [4.69, 9.17) is 0 Å². The van der Waals surface area contributed by atoms with Crippen molar-refractivity contribution in [3.8, 4) is 0 Å². The zero-order chi connectivity index (χ0) is 12.6. The van der Waals surface area contributed by atoms with Crippen molar-refractivity contribution >= 4 is 12.2 Å². The molecule has 0 saturated heterocycles. The number of unbranched alkanes of at least 4 members (excludes halogenated alkanes) is 1. The van der Waals surface area contributed by atoms with Gasteiger partial charge in [0.1, 0.15) is 6.54 Å². The van der Waals surface area contributed by atoms with Gasteiger partial charge in [-0.15, -0.1) is 0 Å². The van der Waals surface area contributed by atoms with Gasteiger partial charge in [0.15, 0.2) is 12.4 Å². The second kappa shape index (κ2) is 6.75. The van der Waals surface area contributed by atoms with Crippen molar-refractivity contribution in [2.75, 3.05) is 0 Å². The largest absolute Gasteiger partial charge is 0.205 e. The number of benzene rings is 1. The molecule has 0 aliphatic heterocycles. The highest BCUT2D eigenvalue weighted by atomic mass is 14.9. The number of rotatable bonds is 5. The molecule has 0 aliphatic rings. The van der Waals surface area contributed by atoms with E-state index in [9.17, 15) is 0 Å². The van der Waals surface area contributed by atoms with Crippen molar-refractivity contribution < 1.29 is 4.57 Å². The summed E-state index contributed by atoms with van der Waals surface area (Å²) in [6, 6.07) is 14.7. The van der Waals surface area contributed by atoms with Crippen LogP contribution >= 0.6 is 0 Å². The molecule has 1 heterocycles. The Kier molecular flexibility index (Phi) is 4.71. The van der Waals surface area contributed by atoms with Gasteiger partial charge in [-0.3, -0.25) is 0 Å². The fourth-order valence-corrected chi connectivity index (χ4v) is 1.83. The van der Waals surface area contributed by atoms with Crippen molar-refractivity contribution in [1.29, 1.82) is 0 Å². The van der Waals surface area contributed by atoms with Gasteiger partial charge in [-0.1, -0.05) is 55.8 Å². The van der Waals surface area contributed by atoms with Crippen LogP contribution in [0.1, 0.15) is 30.9 Å². The molecule has 0 N–H and O–H groups in total. The van der Waals surface area contributed by atoms with E-state index in [0.717, 1.165) is 6.54 Å². The number of hydrogen-bond donors (Lipinski definition) is 0. The van der Waals surface area contributed by atoms with Crippen LogP contribution in [0.4, 0.5) is 0 Å². The van der Waals surface area contributed by atoms with E-state index in [1.165, 1.54) is 24.0 Å². The summed E-state index contributed by atoms with van der Waals surface area (Å²) >= 11 is 0. The zero-order valence-electron chi connectivity index (χ0n) is 10.9. The van der Waals surface area contributed by atoms with Crippen LogP contribution in [0.5, 0.6) is 0 Å². The lowest BCUT2D eigenvalue weighted by molar-refractivity contribution is -0.697. The number of pyridine rings is 1. The molecule has 0 bridgehead atoms. The first-order valence-electron chi connectivity index (χ1n) is 6.61. The smallest absolute Gasteiger partial charge is 0.169 e. The fourth-order valence-electron chi connectivity index (χ4n) is 1.83. The topological polar surface area (TPSA) is 3.88 Å². The van der Waals surface area contributed by atoms with Crippen LogP contribution in [0, 0.1) is 0 Å². The highest BCUT2D eigenvalue weighted by Crippen LogP contribution is 2.06. The highest BCUT2D eigenvalue weighted by molar-refractivity contribution is 5.68. The first kappa shape index (κ1) is 12.6. The van der Waals surface area contributed by atoms with E-state index >= 15 is 0 Å². The molecule has 1 heteroatoms. The normalized spacial score (nSPS) is 10.9. The minimum absolute atomic E-state index is 1.11. The Balaban J connectivity index is 2.00. The Labute approximate surface area is 109 Å². The van der Waals surface area contributed by atoms with Crippen LogP contribution in [-0.2, 0) is 6.54 Å². The number of aromatic nitrogens is 1. The Bertz CT molecular complexity index is 483. The lowest BCUT2D eigenvalue weighted by Crippen LogP contribution is -2.32. The molecule has 0 amide bonds. The molecule has 0 unspecified atom stereocenters. The van der Waals surface area contributed by atoms with Crippen LogP contribution in [-0.4, -0.2) is 0 Å². The molecular weight excluding hydrogens is 218 g/mol. The molecule has 2 aromatic rings. The van der Waals surface area contributed by atoms with Crippen molar-refractivity contribution in [3.63, 3.8) is 0 Å². The third-order valence-corrected chi connectivity index (χ3v) is 2.95. The van der Waals surface area contributed by atoms with Gasteiger partial charge < -0.3 is 0 Å². The minimum Gasteiger partial charge on any atom is -0.205 e. The summed E-state index contributed by atoms with van der Waals surface area (Å²) in [7, 11) is 0. The van der Waals surface area contributed by atoms with E-state index in [-0.39, 0.29) is 0 Å². The van der Waals surface area contributed by atoms with E-state index in [0.29, 0.717) is 0 Å². The second-order valence-corrected chi connectivity index (χ2v) is 4.47. The van der Waals surface area contributed by atoms with Gasteiger partial charge in [-0.2, -0.15) is 0 Å². The predicted molar refractivity (Wildman–Crippen MR) is 76.9 cm³/mol. The highest BCUT2D eigenvalue weighted by Gasteiger charge is 1.97. The SMILES string of the molecule is CCCC[n+]1ccc(C=Cc2ccccc2)cc1. The van der Waals surface area contributed by atoms with Crippen molar-refractivity contribution in [2.45, 2.75) is 26.3 Å². The molecule has 1 aromatic carbocycles.